The lowest BCUT2D eigenvalue weighted by atomic mass is 10.0. The first-order valence-corrected chi connectivity index (χ1v) is 10.3. The smallest absolute Gasteiger partial charge is 0.282 e. The highest BCUT2D eigenvalue weighted by atomic mass is 35.5. The Morgan fingerprint density at radius 2 is 1.59 bits per heavy atom. The zero-order valence-electron chi connectivity index (χ0n) is 17.8. The van der Waals surface area contributed by atoms with Crippen molar-refractivity contribution in [3.63, 3.8) is 0 Å². The van der Waals surface area contributed by atoms with E-state index in [1.165, 1.54) is 0 Å². The molecule has 1 N–H and O–H groups in total. The van der Waals surface area contributed by atoms with Crippen molar-refractivity contribution < 1.29 is 19.1 Å². The Bertz CT molecular complexity index is 1230. The summed E-state index contributed by atoms with van der Waals surface area (Å²) in [6, 6.07) is 19.3. The molecule has 0 radical (unpaired) electrons. The van der Waals surface area contributed by atoms with E-state index >= 15 is 0 Å². The van der Waals surface area contributed by atoms with E-state index < -0.39 is 11.8 Å². The molecule has 3 aromatic rings. The maximum Gasteiger partial charge on any atom is 0.282 e. The molecular weight excluding hydrogens is 428 g/mol. The van der Waals surface area contributed by atoms with E-state index in [2.05, 4.69) is 5.32 Å². The van der Waals surface area contributed by atoms with Gasteiger partial charge in [-0.25, -0.2) is 4.90 Å². The monoisotopic (exact) mass is 448 g/mol. The summed E-state index contributed by atoms with van der Waals surface area (Å²) in [5.41, 5.74) is 2.81. The summed E-state index contributed by atoms with van der Waals surface area (Å²) < 4.78 is 10.6. The van der Waals surface area contributed by atoms with Crippen LogP contribution in [0, 0.1) is 6.92 Å². The Balaban J connectivity index is 1.84. The predicted octanol–water partition coefficient (Wildman–Crippen LogP) is 5.06. The minimum absolute atomic E-state index is 0.154. The van der Waals surface area contributed by atoms with Gasteiger partial charge in [0.1, 0.15) is 17.2 Å². The van der Waals surface area contributed by atoms with Crippen molar-refractivity contribution in [3.8, 4) is 11.5 Å². The molecule has 2 amide bonds. The maximum absolute atomic E-state index is 13.5. The van der Waals surface area contributed by atoms with Crippen molar-refractivity contribution in [2.75, 3.05) is 24.4 Å². The number of amides is 2. The fourth-order valence-corrected chi connectivity index (χ4v) is 3.68. The van der Waals surface area contributed by atoms with Crippen molar-refractivity contribution in [1.29, 1.82) is 0 Å². The number of carbonyl (C=O) groups is 2. The van der Waals surface area contributed by atoms with Gasteiger partial charge < -0.3 is 14.8 Å². The van der Waals surface area contributed by atoms with E-state index in [1.54, 1.807) is 68.8 Å². The molecule has 32 heavy (non-hydrogen) atoms. The summed E-state index contributed by atoms with van der Waals surface area (Å²) in [5, 5.41) is 3.59. The lowest BCUT2D eigenvalue weighted by molar-refractivity contribution is -0.120. The Hall–Kier alpha value is -3.77. The molecule has 0 unspecified atom stereocenters. The highest BCUT2D eigenvalue weighted by Gasteiger charge is 2.40. The summed E-state index contributed by atoms with van der Waals surface area (Å²) in [5.74, 6) is 0.267. The summed E-state index contributed by atoms with van der Waals surface area (Å²) in [4.78, 5) is 28.2. The summed E-state index contributed by atoms with van der Waals surface area (Å²) in [7, 11) is 3.11. The number of benzene rings is 3. The van der Waals surface area contributed by atoms with Crippen LogP contribution in [-0.2, 0) is 9.59 Å². The minimum Gasteiger partial charge on any atom is -0.497 e. The summed E-state index contributed by atoms with van der Waals surface area (Å²) in [6.07, 6.45) is 0. The van der Waals surface area contributed by atoms with Gasteiger partial charge in [-0.3, -0.25) is 9.59 Å². The number of imide groups is 1. The molecule has 162 valence electrons. The van der Waals surface area contributed by atoms with Gasteiger partial charge in [-0.2, -0.15) is 0 Å². The number of nitrogens with one attached hydrogen (secondary N) is 1. The largest absolute Gasteiger partial charge is 0.497 e. The van der Waals surface area contributed by atoms with Crippen LogP contribution in [0.15, 0.2) is 72.4 Å². The molecule has 6 nitrogen and oxygen atoms in total. The topological polar surface area (TPSA) is 67.9 Å². The first-order valence-electron chi connectivity index (χ1n) is 9.88. The van der Waals surface area contributed by atoms with E-state index in [0.29, 0.717) is 33.5 Å². The predicted molar refractivity (Wildman–Crippen MR) is 125 cm³/mol. The van der Waals surface area contributed by atoms with Crippen LogP contribution in [-0.4, -0.2) is 26.0 Å². The first kappa shape index (κ1) is 21.5. The van der Waals surface area contributed by atoms with E-state index in [9.17, 15) is 9.59 Å². The van der Waals surface area contributed by atoms with Gasteiger partial charge in [-0.1, -0.05) is 41.9 Å². The Morgan fingerprint density at radius 1 is 0.875 bits per heavy atom. The lowest BCUT2D eigenvalue weighted by Crippen LogP contribution is -2.32. The molecule has 1 heterocycles. The molecule has 4 rings (SSSR count). The third-order valence-electron chi connectivity index (χ3n) is 5.24. The van der Waals surface area contributed by atoms with Crippen LogP contribution in [0.3, 0.4) is 0 Å². The average Bonchev–Trinajstić information content (AvgIpc) is 3.05. The SMILES string of the molecule is COc1ccc(C2=C(Nc3ccccc3OC)C(=O)N(c3ccc(C)c(Cl)c3)C2=O)cc1. The molecule has 0 aromatic heterocycles. The van der Waals surface area contributed by atoms with E-state index in [4.69, 9.17) is 21.1 Å². The fraction of sp³-hybridized carbons (Fsp3) is 0.120. The number of methoxy groups -OCH3 is 2. The molecule has 0 saturated heterocycles. The molecule has 0 aliphatic carbocycles. The second-order valence-electron chi connectivity index (χ2n) is 7.18. The molecule has 0 spiro atoms. The van der Waals surface area contributed by atoms with Gasteiger partial charge in [0.05, 0.1) is 31.2 Å². The third-order valence-corrected chi connectivity index (χ3v) is 5.65. The first-order chi connectivity index (χ1) is 15.4. The Labute approximate surface area is 191 Å². The van der Waals surface area contributed by atoms with Crippen molar-refractivity contribution in [2.45, 2.75) is 6.92 Å². The van der Waals surface area contributed by atoms with E-state index in [0.717, 1.165) is 10.5 Å². The van der Waals surface area contributed by atoms with Crippen LogP contribution in [0.2, 0.25) is 5.02 Å². The summed E-state index contributed by atoms with van der Waals surface area (Å²) in [6.45, 7) is 1.86. The standard InChI is InChI=1S/C25H21ClN2O4/c1-15-8-11-17(14-19(15)26)28-24(29)22(16-9-12-18(31-2)13-10-16)23(25(28)30)27-20-6-4-5-7-21(20)32-3/h4-14,27H,1-3H3. The third kappa shape index (κ3) is 3.81. The number of anilines is 2. The number of carbonyl (C=O) groups excluding carboxylic acids is 2. The van der Waals surface area contributed by atoms with Gasteiger partial charge in [0.15, 0.2) is 0 Å². The van der Waals surface area contributed by atoms with Crippen molar-refractivity contribution in [3.05, 3.63) is 88.6 Å². The molecule has 0 saturated carbocycles. The number of rotatable bonds is 6. The van der Waals surface area contributed by atoms with Gasteiger partial charge in [0, 0.05) is 5.02 Å². The van der Waals surface area contributed by atoms with Crippen LogP contribution >= 0.6 is 11.6 Å². The quantitative estimate of drug-likeness (QED) is 0.534. The van der Waals surface area contributed by atoms with Crippen LogP contribution < -0.4 is 19.7 Å². The fourth-order valence-electron chi connectivity index (χ4n) is 3.51. The molecule has 7 heteroatoms. The van der Waals surface area contributed by atoms with E-state index in [-0.39, 0.29) is 11.3 Å². The van der Waals surface area contributed by atoms with Crippen molar-refractivity contribution in [1.82, 2.24) is 0 Å². The molecule has 3 aromatic carbocycles. The zero-order chi connectivity index (χ0) is 22.8. The van der Waals surface area contributed by atoms with Gasteiger partial charge in [-0.05, 0) is 54.4 Å². The zero-order valence-corrected chi connectivity index (χ0v) is 18.6. The molecule has 0 fully saturated rings. The van der Waals surface area contributed by atoms with Crippen molar-refractivity contribution >= 4 is 40.4 Å². The van der Waals surface area contributed by atoms with Gasteiger partial charge in [0.2, 0.25) is 0 Å². The van der Waals surface area contributed by atoms with Gasteiger partial charge in [0.25, 0.3) is 11.8 Å². The number of halogens is 1. The van der Waals surface area contributed by atoms with Crippen LogP contribution in [0.5, 0.6) is 11.5 Å². The number of aryl methyl sites for hydroxylation is 1. The molecule has 1 aliphatic rings. The number of para-hydroxylation sites is 2. The van der Waals surface area contributed by atoms with Crippen LogP contribution in [0.4, 0.5) is 11.4 Å². The highest BCUT2D eigenvalue weighted by Crippen LogP contribution is 2.37. The normalized spacial score (nSPS) is 13.6. The van der Waals surface area contributed by atoms with Crippen molar-refractivity contribution in [2.24, 2.45) is 0 Å². The second-order valence-corrected chi connectivity index (χ2v) is 7.59. The number of hydrogen-bond acceptors (Lipinski definition) is 5. The average molecular weight is 449 g/mol. The molecule has 1 aliphatic heterocycles. The maximum atomic E-state index is 13.5. The number of hydrogen-bond donors (Lipinski definition) is 1. The minimum atomic E-state index is -0.480. The lowest BCUT2D eigenvalue weighted by Gasteiger charge is -2.16. The Morgan fingerprint density at radius 3 is 2.25 bits per heavy atom. The second kappa shape index (κ2) is 8.77. The van der Waals surface area contributed by atoms with Gasteiger partial charge in [-0.15, -0.1) is 0 Å². The van der Waals surface area contributed by atoms with Gasteiger partial charge >= 0.3 is 0 Å². The van der Waals surface area contributed by atoms with Crippen LogP contribution in [0.1, 0.15) is 11.1 Å². The molecule has 0 bridgehead atoms. The van der Waals surface area contributed by atoms with E-state index in [1.807, 2.05) is 19.1 Å². The Kier molecular flexibility index (Phi) is 5.88. The number of ether oxygens (including phenoxy) is 2. The van der Waals surface area contributed by atoms with Crippen LogP contribution in [0.25, 0.3) is 5.57 Å². The summed E-state index contributed by atoms with van der Waals surface area (Å²) >= 11 is 6.27. The number of nitrogens with zero attached hydrogens (tertiary/aromatic N) is 1. The molecular formula is C25H21ClN2O4. The molecule has 0 atom stereocenters. The highest BCUT2D eigenvalue weighted by molar-refractivity contribution is 6.46.